The molecule has 1 aromatic carbocycles. The van der Waals surface area contributed by atoms with Crippen molar-refractivity contribution in [2.75, 3.05) is 11.9 Å². The lowest BCUT2D eigenvalue weighted by atomic mass is 10.0. The highest BCUT2D eigenvalue weighted by atomic mass is 16.5. The Morgan fingerprint density at radius 1 is 1.25 bits per heavy atom. The molecule has 1 aliphatic heterocycles. The molecule has 0 atom stereocenters. The number of primary amides is 1. The van der Waals surface area contributed by atoms with Crippen molar-refractivity contribution < 1.29 is 9.53 Å². The number of nitrogens with zero attached hydrogens (tertiary/aromatic N) is 2. The van der Waals surface area contributed by atoms with Gasteiger partial charge >= 0.3 is 0 Å². The first-order chi connectivity index (χ1) is 9.74. The van der Waals surface area contributed by atoms with Gasteiger partial charge in [-0.05, 0) is 30.5 Å². The summed E-state index contributed by atoms with van der Waals surface area (Å²) in [7, 11) is 0. The van der Waals surface area contributed by atoms with Crippen LogP contribution in [0.2, 0.25) is 0 Å². The number of ether oxygens (including phenoxy) is 1. The number of rotatable bonds is 3. The fourth-order valence-corrected chi connectivity index (χ4v) is 2.18. The van der Waals surface area contributed by atoms with Crippen LogP contribution in [0.25, 0.3) is 0 Å². The number of benzene rings is 1. The predicted molar refractivity (Wildman–Crippen MR) is 73.9 cm³/mol. The number of aryl methyl sites for hydroxylation is 1. The Bertz CT molecular complexity index is 640. The van der Waals surface area contributed by atoms with Crippen molar-refractivity contribution in [2.24, 2.45) is 5.73 Å². The van der Waals surface area contributed by atoms with Gasteiger partial charge < -0.3 is 15.8 Å². The van der Waals surface area contributed by atoms with Crippen LogP contribution in [0.4, 0.5) is 5.69 Å². The molecule has 0 spiro atoms. The van der Waals surface area contributed by atoms with E-state index in [0.717, 1.165) is 25.1 Å². The molecule has 2 heterocycles. The third-order valence-corrected chi connectivity index (χ3v) is 3.14. The number of amides is 1. The Kier molecular flexibility index (Phi) is 3.20. The number of fused-ring (bicyclic) bond motifs is 1. The maximum absolute atomic E-state index is 10.9. The second-order valence-electron chi connectivity index (χ2n) is 4.54. The number of carbonyl (C=O) groups excluding carboxylic acids is 1. The van der Waals surface area contributed by atoms with E-state index in [9.17, 15) is 4.79 Å². The van der Waals surface area contributed by atoms with Crippen LogP contribution in [-0.4, -0.2) is 22.6 Å². The van der Waals surface area contributed by atoms with Gasteiger partial charge in [0.1, 0.15) is 0 Å². The molecule has 6 heteroatoms. The molecule has 102 valence electrons. The Morgan fingerprint density at radius 2 is 2.15 bits per heavy atom. The number of nitrogens with two attached hydrogens (primary N) is 1. The molecule has 0 bridgehead atoms. The molecule has 0 fully saturated rings. The number of hydrogen-bond acceptors (Lipinski definition) is 5. The number of carbonyl (C=O) groups is 1. The minimum atomic E-state index is -0.609. The molecular weight excluding hydrogens is 256 g/mol. The number of nitrogens with one attached hydrogen (secondary N) is 1. The molecule has 0 radical (unpaired) electrons. The number of aromatic nitrogens is 2. The van der Waals surface area contributed by atoms with Crippen LogP contribution >= 0.6 is 0 Å². The van der Waals surface area contributed by atoms with Gasteiger partial charge in [0.2, 0.25) is 5.88 Å². The molecule has 1 aliphatic rings. The zero-order valence-electron chi connectivity index (χ0n) is 10.8. The Morgan fingerprint density at radius 3 is 2.90 bits per heavy atom. The third-order valence-electron chi connectivity index (χ3n) is 3.14. The summed E-state index contributed by atoms with van der Waals surface area (Å²) < 4.78 is 5.72. The zero-order chi connectivity index (χ0) is 13.9. The Balaban J connectivity index is 1.86. The maximum atomic E-state index is 10.9. The zero-order valence-corrected chi connectivity index (χ0v) is 10.8. The van der Waals surface area contributed by atoms with Gasteiger partial charge in [-0.25, -0.2) is 0 Å². The van der Waals surface area contributed by atoms with Gasteiger partial charge in [-0.2, -0.15) is 0 Å². The summed E-state index contributed by atoms with van der Waals surface area (Å²) in [5.74, 6) is 0.432. The summed E-state index contributed by atoms with van der Waals surface area (Å²) in [5.41, 5.74) is 7.46. The van der Waals surface area contributed by atoms with E-state index in [-0.39, 0.29) is 5.69 Å². The summed E-state index contributed by atoms with van der Waals surface area (Å²) in [6.07, 6.45) is 2.15. The van der Waals surface area contributed by atoms with E-state index in [1.807, 2.05) is 12.1 Å². The molecular formula is C14H14N4O2. The first kappa shape index (κ1) is 12.4. The van der Waals surface area contributed by atoms with E-state index in [0.29, 0.717) is 11.6 Å². The van der Waals surface area contributed by atoms with Crippen molar-refractivity contribution >= 4 is 11.6 Å². The van der Waals surface area contributed by atoms with E-state index in [4.69, 9.17) is 10.5 Å². The molecule has 2 aromatic rings. The van der Waals surface area contributed by atoms with E-state index >= 15 is 0 Å². The molecule has 0 aliphatic carbocycles. The van der Waals surface area contributed by atoms with Crippen LogP contribution in [0.5, 0.6) is 11.6 Å². The van der Waals surface area contributed by atoms with Crippen LogP contribution in [0.1, 0.15) is 22.5 Å². The summed E-state index contributed by atoms with van der Waals surface area (Å²) in [5, 5.41) is 10.9. The Hall–Kier alpha value is -2.63. The van der Waals surface area contributed by atoms with Crippen molar-refractivity contribution in [2.45, 2.75) is 12.8 Å². The molecule has 0 unspecified atom stereocenters. The first-order valence-corrected chi connectivity index (χ1v) is 6.41. The summed E-state index contributed by atoms with van der Waals surface area (Å²) in [6.45, 7) is 0.930. The average Bonchev–Trinajstić information content (AvgIpc) is 2.48. The van der Waals surface area contributed by atoms with Gasteiger partial charge in [-0.3, -0.25) is 4.79 Å². The lowest BCUT2D eigenvalue weighted by Crippen LogP contribution is -2.14. The highest BCUT2D eigenvalue weighted by Crippen LogP contribution is 2.34. The fourth-order valence-electron chi connectivity index (χ4n) is 2.18. The Labute approximate surface area is 116 Å². The largest absolute Gasteiger partial charge is 0.435 e. The highest BCUT2D eigenvalue weighted by Gasteiger charge is 2.14. The van der Waals surface area contributed by atoms with Crippen molar-refractivity contribution in [1.29, 1.82) is 0 Å². The SMILES string of the molecule is NC(=O)c1ccc(Oc2cccc3c2NCCC3)nn1. The monoisotopic (exact) mass is 270 g/mol. The topological polar surface area (TPSA) is 90.1 Å². The van der Waals surface area contributed by atoms with Crippen LogP contribution in [0, 0.1) is 0 Å². The quantitative estimate of drug-likeness (QED) is 0.886. The van der Waals surface area contributed by atoms with Gasteiger partial charge in [0.05, 0.1) is 5.69 Å². The standard InChI is InChI=1S/C14H14N4O2/c15-14(19)10-6-7-12(18-17-10)20-11-5-1-3-9-4-2-8-16-13(9)11/h1,3,5-7,16H,2,4,8H2,(H2,15,19). The first-order valence-electron chi connectivity index (χ1n) is 6.41. The summed E-state index contributed by atoms with van der Waals surface area (Å²) in [6, 6.07) is 8.98. The molecule has 0 saturated heterocycles. The van der Waals surface area contributed by atoms with Crippen LogP contribution in [0.15, 0.2) is 30.3 Å². The predicted octanol–water partition coefficient (Wildman–Crippen LogP) is 1.73. The van der Waals surface area contributed by atoms with E-state index < -0.39 is 5.91 Å². The highest BCUT2D eigenvalue weighted by molar-refractivity contribution is 5.90. The minimum absolute atomic E-state index is 0.116. The molecule has 0 saturated carbocycles. The molecule has 6 nitrogen and oxygen atoms in total. The second-order valence-corrected chi connectivity index (χ2v) is 4.54. The van der Waals surface area contributed by atoms with Gasteiger partial charge in [-0.15, -0.1) is 10.2 Å². The van der Waals surface area contributed by atoms with Gasteiger partial charge in [0, 0.05) is 12.6 Å². The maximum Gasteiger partial charge on any atom is 0.269 e. The van der Waals surface area contributed by atoms with Crippen LogP contribution in [-0.2, 0) is 6.42 Å². The van der Waals surface area contributed by atoms with Gasteiger partial charge in [0.15, 0.2) is 11.4 Å². The van der Waals surface area contributed by atoms with Crippen LogP contribution in [0.3, 0.4) is 0 Å². The lowest BCUT2D eigenvalue weighted by Gasteiger charge is -2.20. The molecule has 3 rings (SSSR count). The van der Waals surface area contributed by atoms with Gasteiger partial charge in [0.25, 0.3) is 5.91 Å². The van der Waals surface area contributed by atoms with Crippen molar-refractivity contribution in [3.05, 3.63) is 41.6 Å². The van der Waals surface area contributed by atoms with E-state index in [1.54, 1.807) is 6.07 Å². The normalized spacial score (nSPS) is 13.2. The summed E-state index contributed by atoms with van der Waals surface area (Å²) in [4.78, 5) is 10.9. The van der Waals surface area contributed by atoms with E-state index in [1.165, 1.54) is 11.6 Å². The van der Waals surface area contributed by atoms with Crippen molar-refractivity contribution in [1.82, 2.24) is 10.2 Å². The molecule has 3 N–H and O–H groups in total. The van der Waals surface area contributed by atoms with Gasteiger partial charge in [-0.1, -0.05) is 12.1 Å². The van der Waals surface area contributed by atoms with Crippen LogP contribution < -0.4 is 15.8 Å². The second kappa shape index (κ2) is 5.16. The fraction of sp³-hybridized carbons (Fsp3) is 0.214. The number of anilines is 1. The van der Waals surface area contributed by atoms with Crippen molar-refractivity contribution in [3.63, 3.8) is 0 Å². The van der Waals surface area contributed by atoms with Crippen molar-refractivity contribution in [3.8, 4) is 11.6 Å². The molecule has 1 amide bonds. The molecule has 1 aromatic heterocycles. The number of para-hydroxylation sites is 1. The van der Waals surface area contributed by atoms with E-state index in [2.05, 4.69) is 21.6 Å². The lowest BCUT2D eigenvalue weighted by molar-refractivity contribution is 0.0994. The summed E-state index contributed by atoms with van der Waals surface area (Å²) >= 11 is 0. The third kappa shape index (κ3) is 2.40. The minimum Gasteiger partial charge on any atom is -0.435 e. The molecule has 20 heavy (non-hydrogen) atoms. The smallest absolute Gasteiger partial charge is 0.269 e. The average molecular weight is 270 g/mol. The number of hydrogen-bond donors (Lipinski definition) is 2.